The van der Waals surface area contributed by atoms with Gasteiger partial charge in [0.2, 0.25) is 11.8 Å². The summed E-state index contributed by atoms with van der Waals surface area (Å²) >= 11 is 0. The fraction of sp³-hybridized carbons (Fsp3) is 0.417. The molecule has 0 saturated carbocycles. The Bertz CT molecular complexity index is 909. The van der Waals surface area contributed by atoms with Crippen LogP contribution in [-0.4, -0.2) is 34.9 Å². The normalized spacial score (nSPS) is 17.9. The Kier molecular flexibility index (Phi) is 5.84. The maximum atomic E-state index is 12.5. The lowest BCUT2D eigenvalue weighted by atomic mass is 9.98. The van der Waals surface area contributed by atoms with Crippen LogP contribution in [-0.2, 0) is 28.9 Å². The van der Waals surface area contributed by atoms with Crippen LogP contribution in [0.5, 0.6) is 5.75 Å². The number of nitrogens with one attached hydrogen (secondary N) is 1. The smallest absolute Gasteiger partial charge is 0.224 e. The summed E-state index contributed by atoms with van der Waals surface area (Å²) in [5.41, 5.74) is 4.63. The summed E-state index contributed by atoms with van der Waals surface area (Å²) < 4.78 is 0. The fourth-order valence-electron chi connectivity index (χ4n) is 4.49. The first kappa shape index (κ1) is 19.5. The molecule has 0 radical (unpaired) electrons. The summed E-state index contributed by atoms with van der Waals surface area (Å²) in [6.07, 6.45) is 5.67. The Morgan fingerprint density at radius 3 is 2.79 bits per heavy atom. The molecule has 2 aromatic rings. The number of hydrogen-bond acceptors (Lipinski definition) is 3. The molecule has 5 nitrogen and oxygen atoms in total. The third kappa shape index (κ3) is 4.97. The number of fused-ring (bicyclic) bond motifs is 1. The van der Waals surface area contributed by atoms with Crippen LogP contribution in [0.25, 0.3) is 0 Å². The van der Waals surface area contributed by atoms with E-state index >= 15 is 0 Å². The predicted octanol–water partition coefficient (Wildman–Crippen LogP) is 3.69. The Labute approximate surface area is 171 Å². The van der Waals surface area contributed by atoms with Gasteiger partial charge < -0.3 is 15.3 Å². The molecule has 29 heavy (non-hydrogen) atoms. The first-order valence-electron chi connectivity index (χ1n) is 10.5. The number of hydrogen-bond donors (Lipinski definition) is 2. The summed E-state index contributed by atoms with van der Waals surface area (Å²) in [6.45, 7) is 1.47. The average molecular weight is 392 g/mol. The third-order valence-corrected chi connectivity index (χ3v) is 6.02. The van der Waals surface area contributed by atoms with Crippen LogP contribution in [0.15, 0.2) is 42.5 Å². The van der Waals surface area contributed by atoms with Gasteiger partial charge in [0.1, 0.15) is 5.75 Å². The number of carbonyl (C=O) groups is 2. The lowest BCUT2D eigenvalue weighted by Gasteiger charge is -2.17. The van der Waals surface area contributed by atoms with E-state index in [1.165, 1.54) is 17.5 Å². The van der Waals surface area contributed by atoms with Crippen molar-refractivity contribution in [3.8, 4) is 5.75 Å². The molecule has 0 bridgehead atoms. The van der Waals surface area contributed by atoms with Crippen molar-refractivity contribution in [3.05, 3.63) is 59.2 Å². The van der Waals surface area contributed by atoms with Crippen molar-refractivity contribution in [1.29, 1.82) is 0 Å². The van der Waals surface area contributed by atoms with E-state index in [0.717, 1.165) is 50.0 Å². The minimum atomic E-state index is -0.105. The van der Waals surface area contributed by atoms with Crippen LogP contribution in [0.2, 0.25) is 0 Å². The highest BCUT2D eigenvalue weighted by Gasteiger charge is 2.26. The van der Waals surface area contributed by atoms with E-state index in [2.05, 4.69) is 17.4 Å². The van der Waals surface area contributed by atoms with Crippen LogP contribution in [0.4, 0.5) is 5.69 Å². The molecule has 1 aliphatic heterocycles. The van der Waals surface area contributed by atoms with Crippen molar-refractivity contribution in [1.82, 2.24) is 4.90 Å². The standard InChI is InChI=1S/C24H28N2O3/c27-22-6-1-3-17(14-22)13-18-11-12-26(16-18)24(29)10-9-23(28)25-21-8-7-19-4-2-5-20(19)15-21/h1,3,6-8,14-15,18,27H,2,4-5,9-13,16H2,(H,25,28). The van der Waals surface area contributed by atoms with E-state index < -0.39 is 0 Å². The molecule has 1 saturated heterocycles. The van der Waals surface area contributed by atoms with Crippen LogP contribution in [0, 0.1) is 5.92 Å². The number of anilines is 1. The quantitative estimate of drug-likeness (QED) is 0.788. The number of aryl methyl sites for hydroxylation is 2. The highest BCUT2D eigenvalue weighted by molar-refractivity contribution is 5.93. The number of benzene rings is 2. The Morgan fingerprint density at radius 1 is 1.07 bits per heavy atom. The molecule has 1 unspecified atom stereocenters. The van der Waals surface area contributed by atoms with Crippen molar-refractivity contribution in [3.63, 3.8) is 0 Å². The van der Waals surface area contributed by atoms with Gasteiger partial charge in [0, 0.05) is 31.6 Å². The van der Waals surface area contributed by atoms with E-state index in [4.69, 9.17) is 0 Å². The molecule has 2 aliphatic rings. The van der Waals surface area contributed by atoms with Crippen LogP contribution in [0.3, 0.4) is 0 Å². The van der Waals surface area contributed by atoms with E-state index in [1.54, 1.807) is 12.1 Å². The van der Waals surface area contributed by atoms with Crippen molar-refractivity contribution >= 4 is 17.5 Å². The Balaban J connectivity index is 1.22. The number of phenolic OH excluding ortho intramolecular Hbond substituents is 1. The van der Waals surface area contributed by atoms with Crippen molar-refractivity contribution in [2.24, 2.45) is 5.92 Å². The van der Waals surface area contributed by atoms with Gasteiger partial charge in [-0.15, -0.1) is 0 Å². The monoisotopic (exact) mass is 392 g/mol. The first-order valence-corrected chi connectivity index (χ1v) is 10.5. The van der Waals surface area contributed by atoms with Crippen molar-refractivity contribution < 1.29 is 14.7 Å². The molecule has 1 fully saturated rings. The molecule has 1 aliphatic carbocycles. The lowest BCUT2D eigenvalue weighted by molar-refractivity contribution is -0.132. The maximum Gasteiger partial charge on any atom is 0.224 e. The van der Waals surface area contributed by atoms with Crippen LogP contribution >= 0.6 is 0 Å². The van der Waals surface area contributed by atoms with Crippen molar-refractivity contribution in [2.75, 3.05) is 18.4 Å². The number of nitrogens with zero attached hydrogens (tertiary/aromatic N) is 1. The molecule has 5 heteroatoms. The summed E-state index contributed by atoms with van der Waals surface area (Å²) in [6, 6.07) is 13.4. The second-order valence-corrected chi connectivity index (χ2v) is 8.25. The molecule has 0 aromatic heterocycles. The zero-order valence-electron chi connectivity index (χ0n) is 16.7. The fourth-order valence-corrected chi connectivity index (χ4v) is 4.49. The molecule has 2 N–H and O–H groups in total. The van der Waals surface area contributed by atoms with Gasteiger partial charge in [0.15, 0.2) is 0 Å². The number of amides is 2. The van der Waals surface area contributed by atoms with E-state index in [-0.39, 0.29) is 30.4 Å². The van der Waals surface area contributed by atoms with Gasteiger partial charge in [-0.1, -0.05) is 18.2 Å². The molecule has 1 heterocycles. The van der Waals surface area contributed by atoms with E-state index in [1.807, 2.05) is 23.1 Å². The summed E-state index contributed by atoms with van der Waals surface area (Å²) in [5.74, 6) is 0.628. The van der Waals surface area contributed by atoms with Gasteiger partial charge in [-0.2, -0.15) is 0 Å². The van der Waals surface area contributed by atoms with Gasteiger partial charge >= 0.3 is 0 Å². The van der Waals surface area contributed by atoms with Gasteiger partial charge in [-0.3, -0.25) is 9.59 Å². The number of aromatic hydroxyl groups is 1. The highest BCUT2D eigenvalue weighted by atomic mass is 16.3. The summed E-state index contributed by atoms with van der Waals surface area (Å²) in [7, 11) is 0. The number of likely N-dealkylation sites (tertiary alicyclic amines) is 1. The van der Waals surface area contributed by atoms with Gasteiger partial charge in [-0.25, -0.2) is 0 Å². The molecule has 4 rings (SSSR count). The minimum Gasteiger partial charge on any atom is -0.508 e. The SMILES string of the molecule is O=C(CCC(=O)N1CCC(Cc2cccc(O)c2)C1)Nc1ccc2c(c1)CCC2. The highest BCUT2D eigenvalue weighted by Crippen LogP contribution is 2.25. The van der Waals surface area contributed by atoms with Gasteiger partial charge in [0.25, 0.3) is 0 Å². The van der Waals surface area contributed by atoms with E-state index in [0.29, 0.717) is 5.92 Å². The van der Waals surface area contributed by atoms with Gasteiger partial charge in [-0.05, 0) is 79.0 Å². The second kappa shape index (κ2) is 8.68. The number of rotatable bonds is 6. The zero-order chi connectivity index (χ0) is 20.2. The van der Waals surface area contributed by atoms with E-state index in [9.17, 15) is 14.7 Å². The summed E-state index contributed by atoms with van der Waals surface area (Å²) in [4.78, 5) is 26.6. The summed E-state index contributed by atoms with van der Waals surface area (Å²) in [5, 5.41) is 12.5. The minimum absolute atomic E-state index is 0.0486. The lowest BCUT2D eigenvalue weighted by Crippen LogP contribution is -2.29. The topological polar surface area (TPSA) is 69.6 Å². The predicted molar refractivity (Wildman–Crippen MR) is 113 cm³/mol. The third-order valence-electron chi connectivity index (χ3n) is 6.02. The molecule has 152 valence electrons. The Morgan fingerprint density at radius 2 is 1.93 bits per heavy atom. The Hall–Kier alpha value is -2.82. The molecular weight excluding hydrogens is 364 g/mol. The molecule has 2 aromatic carbocycles. The zero-order valence-corrected chi connectivity index (χ0v) is 16.7. The molecule has 0 spiro atoms. The largest absolute Gasteiger partial charge is 0.508 e. The second-order valence-electron chi connectivity index (χ2n) is 8.25. The van der Waals surface area contributed by atoms with Crippen LogP contribution < -0.4 is 5.32 Å². The average Bonchev–Trinajstić information content (AvgIpc) is 3.35. The molecular formula is C24H28N2O3. The van der Waals surface area contributed by atoms with Crippen LogP contribution in [0.1, 0.15) is 42.4 Å². The van der Waals surface area contributed by atoms with Gasteiger partial charge in [0.05, 0.1) is 0 Å². The molecule has 2 amide bonds. The number of carbonyl (C=O) groups excluding carboxylic acids is 2. The molecule has 1 atom stereocenters. The number of phenols is 1. The first-order chi connectivity index (χ1) is 14.1. The maximum absolute atomic E-state index is 12.5. The van der Waals surface area contributed by atoms with Crippen molar-refractivity contribution in [2.45, 2.75) is 44.9 Å².